The molecule has 3 nitrogen and oxygen atoms in total. The summed E-state index contributed by atoms with van der Waals surface area (Å²) in [6.07, 6.45) is 4.95. The monoisotopic (exact) mass is 381 g/mol. The molecule has 4 rings (SSSR count). The molecule has 1 aliphatic heterocycles. The number of likely N-dealkylation sites (tertiary alicyclic amines) is 1. The maximum absolute atomic E-state index is 6.17. The Morgan fingerprint density at radius 1 is 1.15 bits per heavy atom. The number of rotatable bonds is 7. The van der Waals surface area contributed by atoms with Gasteiger partial charge in [-0.15, -0.1) is 0 Å². The summed E-state index contributed by atoms with van der Waals surface area (Å²) < 4.78 is 2.34. The maximum Gasteiger partial charge on any atom is 0.0486 e. The summed E-state index contributed by atoms with van der Waals surface area (Å²) >= 11 is 6.17. The Kier molecular flexibility index (Phi) is 5.82. The number of aromatic nitrogens is 1. The normalized spacial score (nSPS) is 17.8. The molecule has 2 heterocycles. The zero-order valence-corrected chi connectivity index (χ0v) is 16.8. The highest BCUT2D eigenvalue weighted by molar-refractivity contribution is 6.30. The molecular formula is C23H28ClN3. The van der Waals surface area contributed by atoms with Gasteiger partial charge in [-0.3, -0.25) is 4.90 Å². The van der Waals surface area contributed by atoms with E-state index in [9.17, 15) is 0 Å². The SMILES string of the molecule is CCN1CCC[C@H]1CNCc1cn(Cc2cccc(Cl)c2)c2ccccc12. The van der Waals surface area contributed by atoms with Crippen LogP contribution in [0.15, 0.2) is 54.7 Å². The number of benzene rings is 2. The number of hydrogen-bond donors (Lipinski definition) is 1. The Morgan fingerprint density at radius 2 is 2.04 bits per heavy atom. The molecule has 27 heavy (non-hydrogen) atoms. The van der Waals surface area contributed by atoms with Crippen LogP contribution in [0, 0.1) is 0 Å². The van der Waals surface area contributed by atoms with Crippen LogP contribution < -0.4 is 5.32 Å². The van der Waals surface area contributed by atoms with E-state index in [1.807, 2.05) is 18.2 Å². The summed E-state index contributed by atoms with van der Waals surface area (Å²) in [5.41, 5.74) is 3.88. The summed E-state index contributed by atoms with van der Waals surface area (Å²) in [4.78, 5) is 2.59. The Bertz CT molecular complexity index is 902. The van der Waals surface area contributed by atoms with Crippen molar-refractivity contribution in [1.82, 2.24) is 14.8 Å². The van der Waals surface area contributed by atoms with E-state index in [1.54, 1.807) is 0 Å². The van der Waals surface area contributed by atoms with Gasteiger partial charge in [0.15, 0.2) is 0 Å². The van der Waals surface area contributed by atoms with E-state index in [0.29, 0.717) is 6.04 Å². The lowest BCUT2D eigenvalue weighted by Crippen LogP contribution is -2.37. The van der Waals surface area contributed by atoms with Crippen molar-refractivity contribution in [2.45, 2.75) is 38.9 Å². The van der Waals surface area contributed by atoms with E-state index in [-0.39, 0.29) is 0 Å². The van der Waals surface area contributed by atoms with Crippen LogP contribution in [0.4, 0.5) is 0 Å². The molecule has 1 atom stereocenters. The lowest BCUT2D eigenvalue weighted by Gasteiger charge is -2.22. The second-order valence-corrected chi connectivity index (χ2v) is 7.92. The van der Waals surface area contributed by atoms with Crippen molar-refractivity contribution in [3.05, 3.63) is 70.9 Å². The Hall–Kier alpha value is -1.81. The number of para-hydroxylation sites is 1. The summed E-state index contributed by atoms with van der Waals surface area (Å²) in [5, 5.41) is 5.84. The average molecular weight is 382 g/mol. The molecule has 2 aromatic carbocycles. The predicted molar refractivity (Wildman–Crippen MR) is 114 cm³/mol. The van der Waals surface area contributed by atoms with E-state index in [4.69, 9.17) is 11.6 Å². The molecule has 4 heteroatoms. The van der Waals surface area contributed by atoms with Crippen molar-refractivity contribution in [2.75, 3.05) is 19.6 Å². The first-order valence-corrected chi connectivity index (χ1v) is 10.4. The molecule has 1 fully saturated rings. The third-order valence-electron chi connectivity index (χ3n) is 5.71. The van der Waals surface area contributed by atoms with Crippen LogP contribution in [-0.2, 0) is 13.1 Å². The molecule has 3 aromatic rings. The molecule has 0 saturated carbocycles. The van der Waals surface area contributed by atoms with E-state index in [1.165, 1.54) is 41.4 Å². The number of halogens is 1. The molecule has 1 aromatic heterocycles. The molecule has 142 valence electrons. The molecule has 0 spiro atoms. The van der Waals surface area contributed by atoms with Gasteiger partial charge in [0.25, 0.3) is 0 Å². The van der Waals surface area contributed by atoms with Crippen LogP contribution in [0.2, 0.25) is 5.02 Å². The Morgan fingerprint density at radius 3 is 2.89 bits per heavy atom. The van der Waals surface area contributed by atoms with Crippen LogP contribution in [0.5, 0.6) is 0 Å². The van der Waals surface area contributed by atoms with Gasteiger partial charge in [-0.2, -0.15) is 0 Å². The van der Waals surface area contributed by atoms with Gasteiger partial charge in [-0.05, 0) is 55.3 Å². The molecule has 0 radical (unpaired) electrons. The van der Waals surface area contributed by atoms with Crippen LogP contribution in [-0.4, -0.2) is 35.1 Å². The highest BCUT2D eigenvalue weighted by Gasteiger charge is 2.22. The van der Waals surface area contributed by atoms with Gasteiger partial charge in [0.05, 0.1) is 0 Å². The summed E-state index contributed by atoms with van der Waals surface area (Å²) in [7, 11) is 0. The Labute approximate surface area is 166 Å². The van der Waals surface area contributed by atoms with Gasteiger partial charge in [-0.25, -0.2) is 0 Å². The molecule has 1 N–H and O–H groups in total. The number of likely N-dealkylation sites (N-methyl/N-ethyl adjacent to an activating group) is 1. The van der Waals surface area contributed by atoms with Crippen molar-refractivity contribution in [1.29, 1.82) is 0 Å². The second kappa shape index (κ2) is 8.47. The number of nitrogens with zero attached hydrogens (tertiary/aromatic N) is 2. The fraction of sp³-hybridized carbons (Fsp3) is 0.391. The first kappa shape index (κ1) is 18.5. The molecule has 1 saturated heterocycles. The molecule has 0 bridgehead atoms. The van der Waals surface area contributed by atoms with E-state index < -0.39 is 0 Å². The molecule has 1 aliphatic rings. The molecular weight excluding hydrogens is 354 g/mol. The molecule has 0 amide bonds. The number of fused-ring (bicyclic) bond motifs is 1. The first-order valence-electron chi connectivity index (χ1n) is 10.0. The summed E-state index contributed by atoms with van der Waals surface area (Å²) in [6.45, 7) is 7.50. The van der Waals surface area contributed by atoms with Gasteiger partial charge in [0.2, 0.25) is 0 Å². The van der Waals surface area contributed by atoms with Crippen LogP contribution in [0.3, 0.4) is 0 Å². The smallest absolute Gasteiger partial charge is 0.0486 e. The van der Waals surface area contributed by atoms with Crippen LogP contribution >= 0.6 is 11.6 Å². The highest BCUT2D eigenvalue weighted by atomic mass is 35.5. The number of nitrogens with one attached hydrogen (secondary N) is 1. The summed E-state index contributed by atoms with van der Waals surface area (Å²) in [6, 6.07) is 17.5. The van der Waals surface area contributed by atoms with Crippen molar-refractivity contribution >= 4 is 22.5 Å². The Balaban J connectivity index is 1.49. The van der Waals surface area contributed by atoms with Crippen molar-refractivity contribution in [3.8, 4) is 0 Å². The quantitative estimate of drug-likeness (QED) is 0.627. The third kappa shape index (κ3) is 4.21. The predicted octanol–water partition coefficient (Wildman–Crippen LogP) is 4.92. The van der Waals surface area contributed by atoms with Gasteiger partial charge in [0.1, 0.15) is 0 Å². The minimum atomic E-state index is 0.690. The molecule has 0 unspecified atom stereocenters. The van der Waals surface area contributed by atoms with Gasteiger partial charge < -0.3 is 9.88 Å². The zero-order chi connectivity index (χ0) is 18.6. The van der Waals surface area contributed by atoms with Crippen LogP contribution in [0.25, 0.3) is 10.9 Å². The first-order chi connectivity index (χ1) is 13.2. The average Bonchev–Trinajstić information content (AvgIpc) is 3.27. The molecule has 0 aliphatic carbocycles. The zero-order valence-electron chi connectivity index (χ0n) is 16.0. The van der Waals surface area contributed by atoms with Crippen molar-refractivity contribution < 1.29 is 0 Å². The second-order valence-electron chi connectivity index (χ2n) is 7.48. The van der Waals surface area contributed by atoms with Crippen molar-refractivity contribution in [3.63, 3.8) is 0 Å². The minimum absolute atomic E-state index is 0.690. The lowest BCUT2D eigenvalue weighted by molar-refractivity contribution is 0.260. The third-order valence-corrected chi connectivity index (χ3v) is 5.95. The van der Waals surface area contributed by atoms with E-state index in [2.05, 4.69) is 58.2 Å². The standard InChI is InChI=1S/C23H28ClN3/c1-2-26-12-6-9-21(26)15-25-14-19-17-27(23-11-4-3-10-22(19)23)16-18-7-5-8-20(24)13-18/h3-5,7-8,10-11,13,17,21,25H,2,6,9,12,14-16H2,1H3/t21-/m0/s1. The number of hydrogen-bond acceptors (Lipinski definition) is 2. The van der Waals surface area contributed by atoms with Gasteiger partial charge >= 0.3 is 0 Å². The fourth-order valence-corrected chi connectivity index (χ4v) is 4.56. The maximum atomic E-state index is 6.17. The summed E-state index contributed by atoms with van der Waals surface area (Å²) in [5.74, 6) is 0. The van der Waals surface area contributed by atoms with Crippen LogP contribution in [0.1, 0.15) is 30.9 Å². The lowest BCUT2D eigenvalue weighted by atomic mass is 10.1. The fourth-order valence-electron chi connectivity index (χ4n) is 4.34. The van der Waals surface area contributed by atoms with E-state index in [0.717, 1.165) is 31.2 Å². The highest BCUT2D eigenvalue weighted by Crippen LogP contribution is 2.23. The van der Waals surface area contributed by atoms with Gasteiger partial charge in [-0.1, -0.05) is 48.9 Å². The minimum Gasteiger partial charge on any atom is -0.343 e. The van der Waals surface area contributed by atoms with Crippen molar-refractivity contribution in [2.24, 2.45) is 0 Å². The largest absolute Gasteiger partial charge is 0.343 e. The topological polar surface area (TPSA) is 20.2 Å². The van der Waals surface area contributed by atoms with E-state index >= 15 is 0 Å². The van der Waals surface area contributed by atoms with Gasteiger partial charge in [0, 0.05) is 47.8 Å².